The van der Waals surface area contributed by atoms with E-state index in [1.165, 1.54) is 18.4 Å². The number of H-pyrrole nitrogens is 1. The second-order valence-electron chi connectivity index (χ2n) is 2.83. The summed E-state index contributed by atoms with van der Waals surface area (Å²) in [7, 11) is 1.33. The number of fused-ring (bicyclic) bond motifs is 1. The number of rotatable bonds is 1. The molecule has 1 aromatic carbocycles. The van der Waals surface area contributed by atoms with Crippen LogP contribution in [0.5, 0.6) is 0 Å². The van der Waals surface area contributed by atoms with Crippen LogP contribution in [0, 0.1) is 3.95 Å². The molecule has 0 bridgehead atoms. The minimum absolute atomic E-state index is 0.410. The lowest BCUT2D eigenvalue weighted by atomic mass is 10.2. The number of carbonyl (C=O) groups excluding carboxylic acids is 1. The minimum atomic E-state index is -0.424. The predicted molar refractivity (Wildman–Crippen MR) is 63.4 cm³/mol. The zero-order valence-corrected chi connectivity index (χ0v) is 10.1. The number of aromatic nitrogens is 1. The smallest absolute Gasteiger partial charge is 0.340 e. The zero-order valence-electron chi connectivity index (χ0n) is 7.67. The number of ether oxygens (including phenoxy) is 1. The van der Waals surface area contributed by atoms with E-state index in [1.807, 2.05) is 0 Å². The molecule has 0 aliphatic heterocycles. The van der Waals surface area contributed by atoms with Crippen LogP contribution in [0.4, 0.5) is 0 Å². The summed E-state index contributed by atoms with van der Waals surface area (Å²) in [4.78, 5) is 14.4. The van der Waals surface area contributed by atoms with Crippen LogP contribution in [0.1, 0.15) is 10.4 Å². The molecule has 1 heterocycles. The first-order chi connectivity index (χ1) is 7.11. The number of hydrogen-bond donors (Lipinski definition) is 1. The molecule has 0 fully saturated rings. The highest BCUT2D eigenvalue weighted by Crippen LogP contribution is 2.27. The monoisotopic (exact) mass is 259 g/mol. The van der Waals surface area contributed by atoms with Gasteiger partial charge in [0.05, 0.1) is 22.9 Å². The number of hydrogen-bond acceptors (Lipinski definition) is 4. The molecule has 78 valence electrons. The summed E-state index contributed by atoms with van der Waals surface area (Å²) in [6.07, 6.45) is 0. The molecule has 0 saturated heterocycles. The van der Waals surface area contributed by atoms with Crippen molar-refractivity contribution >= 4 is 51.3 Å². The lowest BCUT2D eigenvalue weighted by Crippen LogP contribution is -2.01. The Kier molecular flexibility index (Phi) is 2.77. The maximum atomic E-state index is 11.5. The normalized spacial score (nSPS) is 10.5. The van der Waals surface area contributed by atoms with Crippen LogP contribution in [-0.2, 0) is 4.74 Å². The summed E-state index contributed by atoms with van der Waals surface area (Å²) in [5.74, 6) is -0.424. The van der Waals surface area contributed by atoms with Gasteiger partial charge in [0, 0.05) is 5.02 Å². The topological polar surface area (TPSA) is 42.1 Å². The Balaban J connectivity index is 2.81. The van der Waals surface area contributed by atoms with Crippen LogP contribution in [0.25, 0.3) is 10.2 Å². The molecule has 0 aliphatic rings. The quantitative estimate of drug-likeness (QED) is 0.630. The molecule has 0 saturated carbocycles. The SMILES string of the molecule is COC(=O)c1cc(Cl)cc2sc(=S)[nH]c12. The van der Waals surface area contributed by atoms with Crippen molar-refractivity contribution in [3.8, 4) is 0 Å². The Labute approximate surface area is 99.6 Å². The summed E-state index contributed by atoms with van der Waals surface area (Å²) in [6.45, 7) is 0. The van der Waals surface area contributed by atoms with Crippen molar-refractivity contribution in [2.24, 2.45) is 0 Å². The summed E-state index contributed by atoms with van der Waals surface area (Å²) in [5, 5.41) is 0.494. The van der Waals surface area contributed by atoms with E-state index < -0.39 is 5.97 Å². The fourth-order valence-electron chi connectivity index (χ4n) is 1.29. The first-order valence-corrected chi connectivity index (χ1v) is 5.63. The Morgan fingerprint density at radius 3 is 3.00 bits per heavy atom. The van der Waals surface area contributed by atoms with Gasteiger partial charge in [0.2, 0.25) is 0 Å². The number of halogens is 1. The van der Waals surface area contributed by atoms with Gasteiger partial charge in [-0.05, 0) is 24.4 Å². The van der Waals surface area contributed by atoms with Gasteiger partial charge in [-0.1, -0.05) is 11.6 Å². The van der Waals surface area contributed by atoms with Crippen LogP contribution in [0.3, 0.4) is 0 Å². The number of aromatic amines is 1. The van der Waals surface area contributed by atoms with Gasteiger partial charge in [0.1, 0.15) is 0 Å². The Hall–Kier alpha value is -0.910. The van der Waals surface area contributed by atoms with E-state index in [0.29, 0.717) is 20.1 Å². The lowest BCUT2D eigenvalue weighted by Gasteiger charge is -2.01. The van der Waals surface area contributed by atoms with Crippen molar-refractivity contribution in [3.63, 3.8) is 0 Å². The molecule has 6 heteroatoms. The second-order valence-corrected chi connectivity index (χ2v) is 4.99. The van der Waals surface area contributed by atoms with Crippen molar-refractivity contribution in [1.82, 2.24) is 4.98 Å². The van der Waals surface area contributed by atoms with Gasteiger partial charge in [-0.15, -0.1) is 11.3 Å². The largest absolute Gasteiger partial charge is 0.465 e. The van der Waals surface area contributed by atoms with Gasteiger partial charge >= 0.3 is 5.97 Å². The maximum Gasteiger partial charge on any atom is 0.340 e. The van der Waals surface area contributed by atoms with Crippen molar-refractivity contribution in [2.75, 3.05) is 7.11 Å². The Bertz CT molecular complexity index is 587. The van der Waals surface area contributed by atoms with Crippen molar-refractivity contribution in [3.05, 3.63) is 26.7 Å². The third kappa shape index (κ3) is 1.90. The molecular weight excluding hydrogens is 254 g/mol. The number of esters is 1. The van der Waals surface area contributed by atoms with Crippen LogP contribution >= 0.6 is 35.2 Å². The first kappa shape index (κ1) is 10.6. The molecule has 0 atom stereocenters. The van der Waals surface area contributed by atoms with Crippen molar-refractivity contribution in [2.45, 2.75) is 0 Å². The van der Waals surface area contributed by atoms with Gasteiger partial charge in [0.25, 0.3) is 0 Å². The Morgan fingerprint density at radius 2 is 2.33 bits per heavy atom. The van der Waals surface area contributed by atoms with Crippen LogP contribution in [0.15, 0.2) is 12.1 Å². The average molecular weight is 260 g/mol. The van der Waals surface area contributed by atoms with Gasteiger partial charge in [-0.3, -0.25) is 0 Å². The third-order valence-electron chi connectivity index (χ3n) is 1.90. The van der Waals surface area contributed by atoms with E-state index in [2.05, 4.69) is 9.72 Å². The van der Waals surface area contributed by atoms with Gasteiger partial charge in [-0.2, -0.15) is 0 Å². The van der Waals surface area contributed by atoms with Crippen LogP contribution in [-0.4, -0.2) is 18.1 Å². The summed E-state index contributed by atoms with van der Waals surface area (Å²) >= 11 is 12.3. The van der Waals surface area contributed by atoms with Crippen molar-refractivity contribution < 1.29 is 9.53 Å². The molecule has 2 rings (SSSR count). The number of nitrogens with one attached hydrogen (secondary N) is 1. The van der Waals surface area contributed by atoms with E-state index in [1.54, 1.807) is 12.1 Å². The predicted octanol–water partition coefficient (Wildman–Crippen LogP) is 3.40. The molecule has 0 spiro atoms. The highest BCUT2D eigenvalue weighted by Gasteiger charge is 2.13. The van der Waals surface area contributed by atoms with Crippen molar-refractivity contribution in [1.29, 1.82) is 0 Å². The lowest BCUT2D eigenvalue weighted by molar-refractivity contribution is 0.0603. The molecule has 3 nitrogen and oxygen atoms in total. The zero-order chi connectivity index (χ0) is 11.0. The number of thiazole rings is 1. The molecule has 0 aliphatic carbocycles. The van der Waals surface area contributed by atoms with Crippen LogP contribution in [0.2, 0.25) is 5.02 Å². The van der Waals surface area contributed by atoms with E-state index in [4.69, 9.17) is 23.8 Å². The fraction of sp³-hybridized carbons (Fsp3) is 0.111. The minimum Gasteiger partial charge on any atom is -0.465 e. The highest BCUT2D eigenvalue weighted by molar-refractivity contribution is 7.73. The second kappa shape index (κ2) is 3.92. The number of methoxy groups -OCH3 is 1. The van der Waals surface area contributed by atoms with Gasteiger partial charge in [-0.25, -0.2) is 4.79 Å². The number of benzene rings is 1. The standard InChI is InChI=1S/C9H6ClNO2S2/c1-13-8(12)5-2-4(10)3-6-7(5)11-9(14)15-6/h2-3H,1H3,(H,11,14). The maximum absolute atomic E-state index is 11.5. The van der Waals surface area contributed by atoms with Crippen LogP contribution < -0.4 is 0 Å². The van der Waals surface area contributed by atoms with E-state index in [9.17, 15) is 4.79 Å². The molecule has 0 unspecified atom stereocenters. The highest BCUT2D eigenvalue weighted by atomic mass is 35.5. The van der Waals surface area contributed by atoms with Gasteiger partial charge in [0.15, 0.2) is 3.95 Å². The third-order valence-corrected chi connectivity index (χ3v) is 3.30. The molecular formula is C9H6ClNO2S2. The molecule has 2 aromatic rings. The summed E-state index contributed by atoms with van der Waals surface area (Å²) in [6, 6.07) is 3.33. The van der Waals surface area contributed by atoms with Gasteiger partial charge < -0.3 is 9.72 Å². The molecule has 1 N–H and O–H groups in total. The van der Waals surface area contributed by atoms with E-state index in [-0.39, 0.29) is 0 Å². The average Bonchev–Trinajstić information content (AvgIpc) is 2.55. The van der Waals surface area contributed by atoms with E-state index in [0.717, 1.165) is 4.70 Å². The molecule has 0 radical (unpaired) electrons. The summed E-state index contributed by atoms with van der Waals surface area (Å²) < 4.78 is 6.12. The number of carbonyl (C=O) groups is 1. The first-order valence-electron chi connectivity index (χ1n) is 4.02. The summed E-state index contributed by atoms with van der Waals surface area (Å²) in [5.41, 5.74) is 1.09. The van der Waals surface area contributed by atoms with E-state index >= 15 is 0 Å². The molecule has 0 amide bonds. The fourth-order valence-corrected chi connectivity index (χ4v) is 2.75. The Morgan fingerprint density at radius 1 is 1.60 bits per heavy atom. The molecule has 1 aromatic heterocycles. The molecule has 15 heavy (non-hydrogen) atoms.